The summed E-state index contributed by atoms with van der Waals surface area (Å²) in [5, 5.41) is 0. The Morgan fingerprint density at radius 1 is 1.40 bits per heavy atom. The van der Waals surface area contributed by atoms with E-state index in [1.165, 1.54) is 0 Å². The van der Waals surface area contributed by atoms with Crippen molar-refractivity contribution in [1.82, 2.24) is 0 Å². The standard InChI is InChI=1S/C20H26O5/c1-6-12(3)17(22)24-16-9-11(2)7-8-20-14(13(4)18(23)25-20)10-15(21)19(16,20)5/h6,9,13-14,16H,7-8,10H2,1-5H3/b12-6-/t13-,14+,16+,19+,20-/m0/s1. The van der Waals surface area contributed by atoms with Crippen LogP contribution in [0, 0.1) is 17.3 Å². The van der Waals surface area contributed by atoms with Gasteiger partial charge in [-0.25, -0.2) is 4.79 Å². The molecule has 0 N–H and O–H groups in total. The van der Waals surface area contributed by atoms with Crippen LogP contribution < -0.4 is 0 Å². The topological polar surface area (TPSA) is 69.7 Å². The Bertz CT molecular complexity index is 703. The Morgan fingerprint density at radius 2 is 2.08 bits per heavy atom. The number of esters is 2. The molecule has 2 aliphatic carbocycles. The largest absolute Gasteiger partial charge is 0.457 e. The molecule has 1 saturated carbocycles. The molecule has 1 aliphatic heterocycles. The third-order valence-electron chi connectivity index (χ3n) is 6.61. The van der Waals surface area contributed by atoms with Gasteiger partial charge >= 0.3 is 11.9 Å². The number of allylic oxidation sites excluding steroid dienone is 2. The fourth-order valence-electron chi connectivity index (χ4n) is 4.66. The molecular weight excluding hydrogens is 320 g/mol. The summed E-state index contributed by atoms with van der Waals surface area (Å²) < 4.78 is 11.6. The normalized spacial score (nSPS) is 40.8. The molecule has 3 rings (SSSR count). The van der Waals surface area contributed by atoms with E-state index in [1.807, 2.05) is 19.9 Å². The van der Waals surface area contributed by atoms with Gasteiger partial charge in [0.05, 0.1) is 5.92 Å². The average molecular weight is 346 g/mol. The molecular formula is C20H26O5. The summed E-state index contributed by atoms with van der Waals surface area (Å²) >= 11 is 0. The summed E-state index contributed by atoms with van der Waals surface area (Å²) in [5.41, 5.74) is -0.391. The van der Waals surface area contributed by atoms with Crippen molar-refractivity contribution in [2.45, 2.75) is 65.6 Å². The van der Waals surface area contributed by atoms with E-state index < -0.39 is 23.1 Å². The Labute approximate surface area is 148 Å². The Balaban J connectivity index is 2.08. The SMILES string of the molecule is C/C=C(/C)C(=O)O[C@@H]1C=C(C)CC[C@]23OC(=O)[C@@H](C)[C@H]2CC(=O)[C@]13C. The van der Waals surface area contributed by atoms with Crippen molar-refractivity contribution in [3.63, 3.8) is 0 Å². The molecule has 5 atom stereocenters. The van der Waals surface area contributed by atoms with Gasteiger partial charge in [-0.1, -0.05) is 18.6 Å². The zero-order valence-corrected chi connectivity index (χ0v) is 15.5. The van der Waals surface area contributed by atoms with E-state index in [4.69, 9.17) is 9.47 Å². The highest BCUT2D eigenvalue weighted by Gasteiger charge is 2.73. The van der Waals surface area contributed by atoms with Crippen molar-refractivity contribution in [3.05, 3.63) is 23.3 Å². The second-order valence-corrected chi connectivity index (χ2v) is 7.85. The second kappa shape index (κ2) is 5.82. The monoisotopic (exact) mass is 346 g/mol. The van der Waals surface area contributed by atoms with Gasteiger partial charge in [-0.2, -0.15) is 0 Å². The highest BCUT2D eigenvalue weighted by molar-refractivity contribution is 5.94. The zero-order chi connectivity index (χ0) is 18.6. The van der Waals surface area contributed by atoms with Crippen molar-refractivity contribution >= 4 is 17.7 Å². The first-order valence-electron chi connectivity index (χ1n) is 8.94. The van der Waals surface area contributed by atoms with Gasteiger partial charge in [0.2, 0.25) is 0 Å². The fraction of sp³-hybridized carbons (Fsp3) is 0.650. The van der Waals surface area contributed by atoms with E-state index in [1.54, 1.807) is 26.8 Å². The molecule has 0 aromatic carbocycles. The molecule has 1 spiro atoms. The van der Waals surface area contributed by atoms with Crippen molar-refractivity contribution in [1.29, 1.82) is 0 Å². The minimum Gasteiger partial charge on any atom is -0.457 e. The Kier molecular flexibility index (Phi) is 4.17. The van der Waals surface area contributed by atoms with Gasteiger partial charge in [0.25, 0.3) is 0 Å². The number of ether oxygens (including phenoxy) is 2. The van der Waals surface area contributed by atoms with Gasteiger partial charge in [0, 0.05) is 17.9 Å². The molecule has 5 heteroatoms. The lowest BCUT2D eigenvalue weighted by Gasteiger charge is -2.43. The van der Waals surface area contributed by atoms with Crippen LogP contribution in [0.2, 0.25) is 0 Å². The van der Waals surface area contributed by atoms with E-state index in [-0.39, 0.29) is 23.6 Å². The van der Waals surface area contributed by atoms with E-state index in [9.17, 15) is 14.4 Å². The first-order chi connectivity index (χ1) is 11.7. The van der Waals surface area contributed by atoms with Gasteiger partial charge in [-0.3, -0.25) is 9.59 Å². The number of hydrogen-bond donors (Lipinski definition) is 0. The first kappa shape index (κ1) is 17.9. The number of ketones is 1. The number of hydrogen-bond acceptors (Lipinski definition) is 5. The fourth-order valence-corrected chi connectivity index (χ4v) is 4.66. The molecule has 5 nitrogen and oxygen atoms in total. The first-order valence-corrected chi connectivity index (χ1v) is 8.94. The maximum atomic E-state index is 13.1. The van der Waals surface area contributed by atoms with Crippen LogP contribution in [0.15, 0.2) is 23.3 Å². The molecule has 136 valence electrons. The van der Waals surface area contributed by atoms with Crippen LogP contribution in [0.1, 0.15) is 53.9 Å². The minimum absolute atomic E-state index is 0.0127. The third-order valence-corrected chi connectivity index (χ3v) is 6.61. The predicted molar refractivity (Wildman–Crippen MR) is 91.5 cm³/mol. The maximum Gasteiger partial charge on any atom is 0.334 e. The lowest BCUT2D eigenvalue weighted by molar-refractivity contribution is -0.178. The molecule has 1 saturated heterocycles. The molecule has 0 radical (unpaired) electrons. The Hall–Kier alpha value is -1.91. The van der Waals surface area contributed by atoms with Crippen molar-refractivity contribution in [3.8, 4) is 0 Å². The van der Waals surface area contributed by atoms with Crippen LogP contribution in [0.4, 0.5) is 0 Å². The quantitative estimate of drug-likeness (QED) is 0.436. The van der Waals surface area contributed by atoms with Gasteiger partial charge in [0.15, 0.2) is 0 Å². The molecule has 0 unspecified atom stereocenters. The minimum atomic E-state index is -1.04. The van der Waals surface area contributed by atoms with Crippen LogP contribution in [0.3, 0.4) is 0 Å². The molecule has 2 fully saturated rings. The molecule has 1 heterocycles. The van der Waals surface area contributed by atoms with Crippen molar-refractivity contribution < 1.29 is 23.9 Å². The molecule has 25 heavy (non-hydrogen) atoms. The summed E-state index contributed by atoms with van der Waals surface area (Å²) in [7, 11) is 0. The van der Waals surface area contributed by atoms with E-state index in [2.05, 4.69) is 0 Å². The van der Waals surface area contributed by atoms with Gasteiger partial charge in [-0.15, -0.1) is 0 Å². The molecule has 3 aliphatic rings. The van der Waals surface area contributed by atoms with Crippen LogP contribution in [0.25, 0.3) is 0 Å². The van der Waals surface area contributed by atoms with Gasteiger partial charge < -0.3 is 9.47 Å². The van der Waals surface area contributed by atoms with E-state index >= 15 is 0 Å². The second-order valence-electron chi connectivity index (χ2n) is 7.85. The van der Waals surface area contributed by atoms with Crippen LogP contribution in [0.5, 0.6) is 0 Å². The van der Waals surface area contributed by atoms with Crippen LogP contribution in [-0.2, 0) is 23.9 Å². The number of carbonyl (C=O) groups excluding carboxylic acids is 3. The maximum absolute atomic E-state index is 13.1. The molecule has 0 bridgehead atoms. The van der Waals surface area contributed by atoms with Crippen molar-refractivity contribution in [2.75, 3.05) is 0 Å². The molecule has 0 aromatic rings. The summed E-state index contributed by atoms with van der Waals surface area (Å²) in [6.45, 7) is 9.05. The summed E-state index contributed by atoms with van der Waals surface area (Å²) in [6, 6.07) is 0. The zero-order valence-electron chi connectivity index (χ0n) is 15.5. The van der Waals surface area contributed by atoms with Crippen molar-refractivity contribution in [2.24, 2.45) is 17.3 Å². The highest BCUT2D eigenvalue weighted by atomic mass is 16.6. The smallest absolute Gasteiger partial charge is 0.334 e. The number of rotatable bonds is 2. The summed E-state index contributed by atoms with van der Waals surface area (Å²) in [6.07, 6.45) is 4.43. The lowest BCUT2D eigenvalue weighted by atomic mass is 9.67. The third kappa shape index (κ3) is 2.31. The van der Waals surface area contributed by atoms with E-state index in [0.29, 0.717) is 18.4 Å². The summed E-state index contributed by atoms with van der Waals surface area (Å²) in [4.78, 5) is 37.7. The van der Waals surface area contributed by atoms with Crippen LogP contribution >= 0.6 is 0 Å². The predicted octanol–water partition coefficient (Wildman–Crippen LogP) is 3.13. The number of carbonyl (C=O) groups is 3. The molecule has 0 aromatic heterocycles. The highest BCUT2D eigenvalue weighted by Crippen LogP contribution is 2.62. The lowest BCUT2D eigenvalue weighted by Crippen LogP contribution is -2.55. The average Bonchev–Trinajstić information content (AvgIpc) is 2.90. The van der Waals surface area contributed by atoms with Crippen LogP contribution in [-0.4, -0.2) is 29.4 Å². The molecule has 0 amide bonds. The summed E-state index contributed by atoms with van der Waals surface area (Å²) in [5.74, 6) is -1.14. The van der Waals surface area contributed by atoms with Gasteiger partial charge in [-0.05, 0) is 46.6 Å². The van der Waals surface area contributed by atoms with E-state index in [0.717, 1.165) is 12.0 Å². The van der Waals surface area contributed by atoms with Gasteiger partial charge in [0.1, 0.15) is 22.9 Å². The Morgan fingerprint density at radius 3 is 2.72 bits per heavy atom. The number of Topliss-reactive ketones (excluding diaryl/α,β-unsaturated/α-hetero) is 1.